The van der Waals surface area contributed by atoms with E-state index < -0.39 is 34.2 Å². The summed E-state index contributed by atoms with van der Waals surface area (Å²) in [6, 6.07) is 24.4. The lowest BCUT2D eigenvalue weighted by molar-refractivity contribution is -0.126. The van der Waals surface area contributed by atoms with E-state index >= 15 is 0 Å². The van der Waals surface area contributed by atoms with Crippen LogP contribution in [0.3, 0.4) is 0 Å². The van der Waals surface area contributed by atoms with E-state index in [2.05, 4.69) is 10.6 Å². The molecule has 3 N–H and O–H groups in total. The maximum atomic E-state index is 13.6. The summed E-state index contributed by atoms with van der Waals surface area (Å²) in [6.45, 7) is 7.82. The SMILES string of the molecule is Cc1ccc(COC(=O)NC[C@@H](C)C(=O)N[C@@H](Cc2ccccc2)[C@H](O)CN(CCC(C)C)S(=O)(=O)c2ccccc2)cc1. The molecule has 0 unspecified atom stereocenters. The molecule has 0 saturated carbocycles. The van der Waals surface area contributed by atoms with Crippen molar-refractivity contribution in [1.29, 1.82) is 0 Å². The Bertz CT molecular complexity index is 1420. The summed E-state index contributed by atoms with van der Waals surface area (Å²) in [5.74, 6) is -0.779. The van der Waals surface area contributed by atoms with Gasteiger partial charge < -0.3 is 20.5 Å². The third-order valence-corrected chi connectivity index (χ3v) is 9.19. The largest absolute Gasteiger partial charge is 0.445 e. The highest BCUT2D eigenvalue weighted by Crippen LogP contribution is 2.19. The van der Waals surface area contributed by atoms with Gasteiger partial charge >= 0.3 is 6.09 Å². The Morgan fingerprint density at radius 3 is 2.11 bits per heavy atom. The van der Waals surface area contributed by atoms with Crippen LogP contribution in [0.2, 0.25) is 0 Å². The molecule has 44 heavy (non-hydrogen) atoms. The standard InChI is InChI=1S/C34H45N3O6S/c1-25(2)19-20-37(44(41,42)30-13-9-6-10-14-30)23-32(38)31(21-28-11-7-5-8-12-28)36-33(39)27(4)22-35-34(40)43-24-29-17-15-26(3)16-18-29/h5-18,25,27,31-32,38H,19-24H2,1-4H3,(H,35,40)(H,36,39)/t27-,31+,32-/m1/s1. The molecule has 0 radical (unpaired) electrons. The smallest absolute Gasteiger partial charge is 0.407 e. The Labute approximate surface area is 261 Å². The fourth-order valence-electron chi connectivity index (χ4n) is 4.48. The maximum Gasteiger partial charge on any atom is 0.407 e. The first-order valence-electron chi connectivity index (χ1n) is 15.0. The predicted molar refractivity (Wildman–Crippen MR) is 171 cm³/mol. The van der Waals surface area contributed by atoms with Gasteiger partial charge in [-0.05, 0) is 48.9 Å². The molecular weight excluding hydrogens is 578 g/mol. The van der Waals surface area contributed by atoms with Crippen molar-refractivity contribution in [3.8, 4) is 0 Å². The topological polar surface area (TPSA) is 125 Å². The van der Waals surface area contributed by atoms with Crippen molar-refractivity contribution in [1.82, 2.24) is 14.9 Å². The van der Waals surface area contributed by atoms with Gasteiger partial charge in [-0.2, -0.15) is 4.31 Å². The first kappa shape index (κ1) is 34.8. The molecule has 0 aliphatic carbocycles. The van der Waals surface area contributed by atoms with Crippen molar-refractivity contribution in [2.75, 3.05) is 19.6 Å². The van der Waals surface area contributed by atoms with Gasteiger partial charge in [0.15, 0.2) is 0 Å². The summed E-state index contributed by atoms with van der Waals surface area (Å²) in [7, 11) is -3.89. The fourth-order valence-corrected chi connectivity index (χ4v) is 5.97. The molecule has 0 aromatic heterocycles. The van der Waals surface area contributed by atoms with Crippen LogP contribution in [0.5, 0.6) is 0 Å². The van der Waals surface area contributed by atoms with Crippen LogP contribution in [-0.4, -0.2) is 61.6 Å². The van der Waals surface area contributed by atoms with Gasteiger partial charge in [0.1, 0.15) is 6.61 Å². The van der Waals surface area contributed by atoms with Gasteiger partial charge in [-0.3, -0.25) is 4.79 Å². The molecule has 3 rings (SSSR count). The number of nitrogens with zero attached hydrogens (tertiary/aromatic N) is 1. The van der Waals surface area contributed by atoms with E-state index in [0.717, 1.165) is 16.7 Å². The molecule has 10 heteroatoms. The van der Waals surface area contributed by atoms with Crippen LogP contribution in [0.15, 0.2) is 89.8 Å². The minimum absolute atomic E-state index is 0.0234. The van der Waals surface area contributed by atoms with Crippen LogP contribution in [-0.2, 0) is 32.6 Å². The Morgan fingerprint density at radius 1 is 0.886 bits per heavy atom. The highest BCUT2D eigenvalue weighted by molar-refractivity contribution is 7.89. The van der Waals surface area contributed by atoms with Crippen LogP contribution in [0.25, 0.3) is 0 Å². The molecule has 0 saturated heterocycles. The zero-order chi connectivity index (χ0) is 32.1. The second-order valence-corrected chi connectivity index (χ2v) is 13.5. The number of carbonyl (C=O) groups is 2. The number of nitrogens with one attached hydrogen (secondary N) is 2. The van der Waals surface area contributed by atoms with Gasteiger partial charge in [-0.15, -0.1) is 0 Å². The molecule has 238 valence electrons. The quantitative estimate of drug-likeness (QED) is 0.213. The number of aryl methyl sites for hydroxylation is 1. The van der Waals surface area contributed by atoms with Crippen LogP contribution in [0.4, 0.5) is 4.79 Å². The molecule has 0 aliphatic heterocycles. The highest BCUT2D eigenvalue weighted by atomic mass is 32.2. The van der Waals surface area contributed by atoms with Crippen molar-refractivity contribution in [2.45, 2.75) is 64.2 Å². The van der Waals surface area contributed by atoms with E-state index in [1.807, 2.05) is 75.4 Å². The van der Waals surface area contributed by atoms with Crippen molar-refractivity contribution < 1.29 is 27.9 Å². The predicted octanol–water partition coefficient (Wildman–Crippen LogP) is 4.68. The Hall–Kier alpha value is -3.73. The van der Waals surface area contributed by atoms with Crippen LogP contribution >= 0.6 is 0 Å². The fraction of sp³-hybridized carbons (Fsp3) is 0.412. The van der Waals surface area contributed by atoms with Crippen LogP contribution in [0.1, 0.15) is 43.9 Å². The molecule has 0 fully saturated rings. The maximum absolute atomic E-state index is 13.6. The summed E-state index contributed by atoms with van der Waals surface area (Å²) in [4.78, 5) is 25.6. The van der Waals surface area contributed by atoms with Crippen molar-refractivity contribution in [2.24, 2.45) is 11.8 Å². The van der Waals surface area contributed by atoms with Crippen molar-refractivity contribution in [3.63, 3.8) is 0 Å². The van der Waals surface area contributed by atoms with Gasteiger partial charge in [-0.1, -0.05) is 99.1 Å². The van der Waals surface area contributed by atoms with Gasteiger partial charge in [0.25, 0.3) is 0 Å². The van der Waals surface area contributed by atoms with Gasteiger partial charge in [0.2, 0.25) is 15.9 Å². The number of hydrogen-bond donors (Lipinski definition) is 3. The number of amides is 2. The van der Waals surface area contributed by atoms with E-state index in [-0.39, 0.29) is 49.4 Å². The van der Waals surface area contributed by atoms with Crippen LogP contribution < -0.4 is 10.6 Å². The molecule has 3 aromatic carbocycles. The monoisotopic (exact) mass is 623 g/mol. The van der Waals surface area contributed by atoms with Gasteiger partial charge in [0.05, 0.1) is 23.0 Å². The average Bonchev–Trinajstić information content (AvgIpc) is 3.01. The van der Waals surface area contributed by atoms with E-state index in [1.165, 1.54) is 16.4 Å². The molecule has 0 heterocycles. The summed E-state index contributed by atoms with van der Waals surface area (Å²) in [5.41, 5.74) is 2.84. The molecule has 0 aliphatic rings. The lowest BCUT2D eigenvalue weighted by atomic mass is 9.99. The molecule has 2 amide bonds. The van der Waals surface area contributed by atoms with Crippen molar-refractivity contribution in [3.05, 3.63) is 102 Å². The minimum Gasteiger partial charge on any atom is -0.445 e. The summed E-state index contributed by atoms with van der Waals surface area (Å²) < 4.78 is 33.7. The zero-order valence-electron chi connectivity index (χ0n) is 26.0. The molecule has 0 spiro atoms. The normalized spacial score (nSPS) is 13.7. The molecule has 9 nitrogen and oxygen atoms in total. The Balaban J connectivity index is 1.68. The number of benzene rings is 3. The third kappa shape index (κ3) is 11.1. The number of aliphatic hydroxyl groups excluding tert-OH is 1. The Morgan fingerprint density at radius 2 is 1.50 bits per heavy atom. The number of rotatable bonds is 16. The molecule has 0 bridgehead atoms. The van der Waals surface area contributed by atoms with Crippen molar-refractivity contribution >= 4 is 22.0 Å². The average molecular weight is 624 g/mol. The second kappa shape index (κ2) is 16.9. The number of alkyl carbamates (subject to hydrolysis) is 1. The van der Waals surface area contributed by atoms with E-state index in [4.69, 9.17) is 4.74 Å². The molecule has 3 atom stereocenters. The van der Waals surface area contributed by atoms with Crippen LogP contribution in [0, 0.1) is 18.8 Å². The first-order chi connectivity index (χ1) is 21.0. The lowest BCUT2D eigenvalue weighted by Crippen LogP contribution is -2.52. The second-order valence-electron chi connectivity index (χ2n) is 11.6. The number of sulfonamides is 1. The van der Waals surface area contributed by atoms with Gasteiger partial charge in [-0.25, -0.2) is 13.2 Å². The van der Waals surface area contributed by atoms with Gasteiger partial charge in [0, 0.05) is 19.6 Å². The third-order valence-electron chi connectivity index (χ3n) is 7.31. The summed E-state index contributed by atoms with van der Waals surface area (Å²) in [6.07, 6.45) is -0.949. The zero-order valence-corrected chi connectivity index (χ0v) is 26.8. The summed E-state index contributed by atoms with van der Waals surface area (Å²) in [5, 5.41) is 17.0. The number of hydrogen-bond acceptors (Lipinski definition) is 6. The highest BCUT2D eigenvalue weighted by Gasteiger charge is 2.31. The minimum atomic E-state index is -3.89. The number of carbonyl (C=O) groups excluding carboxylic acids is 2. The van der Waals surface area contributed by atoms with E-state index in [1.54, 1.807) is 25.1 Å². The number of ether oxygens (including phenoxy) is 1. The first-order valence-corrected chi connectivity index (χ1v) is 16.4. The molecule has 3 aromatic rings. The number of aliphatic hydroxyl groups is 1. The summed E-state index contributed by atoms with van der Waals surface area (Å²) >= 11 is 0. The lowest BCUT2D eigenvalue weighted by Gasteiger charge is -2.31. The molecular formula is C34H45N3O6S. The van der Waals surface area contributed by atoms with E-state index in [9.17, 15) is 23.1 Å². The Kier molecular flexibility index (Phi) is 13.4. The van der Waals surface area contributed by atoms with E-state index in [0.29, 0.717) is 6.42 Å².